The summed E-state index contributed by atoms with van der Waals surface area (Å²) in [5, 5.41) is 3.24. The van der Waals surface area contributed by atoms with Gasteiger partial charge in [-0.3, -0.25) is 9.59 Å². The van der Waals surface area contributed by atoms with Crippen molar-refractivity contribution in [2.45, 2.75) is 69.9 Å². The topological polar surface area (TPSA) is 75.4 Å². The van der Waals surface area contributed by atoms with Gasteiger partial charge in [0.25, 0.3) is 5.91 Å². The van der Waals surface area contributed by atoms with Gasteiger partial charge in [-0.05, 0) is 57.2 Å². The fourth-order valence-electron chi connectivity index (χ4n) is 3.99. The Balaban J connectivity index is 1.71. The van der Waals surface area contributed by atoms with E-state index in [1.165, 1.54) is 0 Å². The van der Waals surface area contributed by atoms with Crippen LogP contribution in [0.5, 0.6) is 0 Å². The zero-order chi connectivity index (χ0) is 18.7. The van der Waals surface area contributed by atoms with Crippen molar-refractivity contribution in [1.29, 1.82) is 0 Å². The third kappa shape index (κ3) is 4.04. The van der Waals surface area contributed by atoms with E-state index in [0.717, 1.165) is 45.1 Å². The molecular formula is C20H28ClN3O2. The van der Waals surface area contributed by atoms with Gasteiger partial charge in [0.2, 0.25) is 5.91 Å². The normalized spacial score (nSPS) is 22.7. The van der Waals surface area contributed by atoms with Crippen molar-refractivity contribution in [2.24, 2.45) is 5.73 Å². The summed E-state index contributed by atoms with van der Waals surface area (Å²) in [6.45, 7) is 2.84. The molecular weight excluding hydrogens is 350 g/mol. The van der Waals surface area contributed by atoms with Crippen molar-refractivity contribution in [1.82, 2.24) is 4.90 Å². The number of carbonyl (C=O) groups is 2. The predicted molar refractivity (Wildman–Crippen MR) is 104 cm³/mol. The van der Waals surface area contributed by atoms with Crippen LogP contribution in [0.2, 0.25) is 5.02 Å². The first-order chi connectivity index (χ1) is 12.4. The minimum Gasteiger partial charge on any atom is -0.336 e. The summed E-state index contributed by atoms with van der Waals surface area (Å²) < 4.78 is 0. The summed E-state index contributed by atoms with van der Waals surface area (Å²) >= 11 is 6.37. The van der Waals surface area contributed by atoms with Gasteiger partial charge < -0.3 is 16.0 Å². The Kier molecular flexibility index (Phi) is 5.88. The number of hydrogen-bond donors (Lipinski definition) is 2. The molecule has 1 aliphatic heterocycles. The maximum absolute atomic E-state index is 12.8. The Labute approximate surface area is 160 Å². The zero-order valence-electron chi connectivity index (χ0n) is 15.4. The van der Waals surface area contributed by atoms with Gasteiger partial charge in [0.15, 0.2) is 0 Å². The highest BCUT2D eigenvalue weighted by atomic mass is 35.5. The molecule has 142 valence electrons. The number of hydrogen-bond acceptors (Lipinski definition) is 3. The molecule has 5 nitrogen and oxygen atoms in total. The maximum atomic E-state index is 12.8. The largest absolute Gasteiger partial charge is 0.336 e. The summed E-state index contributed by atoms with van der Waals surface area (Å²) in [4.78, 5) is 27.2. The number of halogens is 1. The molecule has 1 atom stereocenters. The summed E-state index contributed by atoms with van der Waals surface area (Å²) in [5.74, 6) is -0.209. The second-order valence-electron chi connectivity index (χ2n) is 7.71. The van der Waals surface area contributed by atoms with Gasteiger partial charge in [-0.2, -0.15) is 0 Å². The molecule has 1 aromatic carbocycles. The molecule has 1 aromatic rings. The van der Waals surface area contributed by atoms with Gasteiger partial charge in [-0.1, -0.05) is 30.9 Å². The molecule has 0 radical (unpaired) electrons. The van der Waals surface area contributed by atoms with Crippen LogP contribution in [0.4, 0.5) is 5.69 Å². The van der Waals surface area contributed by atoms with Crippen LogP contribution in [0, 0.1) is 0 Å². The summed E-state index contributed by atoms with van der Waals surface area (Å²) in [7, 11) is 0. The average Bonchev–Trinajstić information content (AvgIpc) is 2.62. The predicted octanol–water partition coefficient (Wildman–Crippen LogP) is 3.95. The molecule has 1 aliphatic carbocycles. The van der Waals surface area contributed by atoms with E-state index in [4.69, 9.17) is 17.3 Å². The van der Waals surface area contributed by atoms with Crippen LogP contribution in [0.15, 0.2) is 18.2 Å². The number of carbonyl (C=O) groups excluding carboxylic acids is 2. The lowest BCUT2D eigenvalue weighted by molar-refractivity contribution is -0.122. The number of benzene rings is 1. The van der Waals surface area contributed by atoms with Crippen LogP contribution in [0.25, 0.3) is 0 Å². The number of amides is 2. The van der Waals surface area contributed by atoms with E-state index in [1.807, 2.05) is 4.90 Å². The van der Waals surface area contributed by atoms with E-state index >= 15 is 0 Å². The molecule has 6 heteroatoms. The lowest BCUT2D eigenvalue weighted by Crippen LogP contribution is -2.52. The average molecular weight is 378 g/mol. The molecule has 0 aromatic heterocycles. The minimum atomic E-state index is -0.803. The van der Waals surface area contributed by atoms with Crippen molar-refractivity contribution in [3.05, 3.63) is 28.8 Å². The lowest BCUT2D eigenvalue weighted by atomic mass is 9.82. The van der Waals surface area contributed by atoms with Gasteiger partial charge in [0, 0.05) is 18.3 Å². The molecule has 3 N–H and O–H groups in total. The zero-order valence-corrected chi connectivity index (χ0v) is 16.1. The SMILES string of the molecule is CC1CCCCN1C(=O)c1ccc(NC(=O)C2(N)CCCCC2)cc1Cl. The Bertz CT molecular complexity index is 686. The number of likely N-dealkylation sites (tertiary alicyclic amines) is 1. The minimum absolute atomic E-state index is 0.0392. The number of anilines is 1. The molecule has 1 saturated heterocycles. The molecule has 26 heavy (non-hydrogen) atoms. The molecule has 2 aliphatic rings. The van der Waals surface area contributed by atoms with E-state index < -0.39 is 5.54 Å². The van der Waals surface area contributed by atoms with Gasteiger partial charge in [0.1, 0.15) is 0 Å². The van der Waals surface area contributed by atoms with E-state index in [-0.39, 0.29) is 17.9 Å². The first kappa shape index (κ1) is 19.2. The van der Waals surface area contributed by atoms with Crippen molar-refractivity contribution >= 4 is 29.1 Å². The first-order valence-electron chi connectivity index (χ1n) is 9.61. The third-order valence-corrected chi connectivity index (χ3v) is 6.03. The number of nitrogens with two attached hydrogens (primary N) is 1. The quantitative estimate of drug-likeness (QED) is 0.837. The molecule has 2 amide bonds. The van der Waals surface area contributed by atoms with Crippen LogP contribution >= 0.6 is 11.6 Å². The summed E-state index contributed by atoms with van der Waals surface area (Å²) in [5.41, 5.74) is 6.54. The summed E-state index contributed by atoms with van der Waals surface area (Å²) in [6, 6.07) is 5.31. The van der Waals surface area contributed by atoms with E-state index in [0.29, 0.717) is 29.1 Å². The summed E-state index contributed by atoms with van der Waals surface area (Å²) in [6.07, 6.45) is 7.70. The smallest absolute Gasteiger partial charge is 0.255 e. The van der Waals surface area contributed by atoms with Crippen LogP contribution in [0.1, 0.15) is 68.6 Å². The second-order valence-corrected chi connectivity index (χ2v) is 8.12. The van der Waals surface area contributed by atoms with E-state index in [9.17, 15) is 9.59 Å². The van der Waals surface area contributed by atoms with Crippen molar-refractivity contribution < 1.29 is 9.59 Å². The lowest BCUT2D eigenvalue weighted by Gasteiger charge is -2.33. The highest BCUT2D eigenvalue weighted by Gasteiger charge is 2.35. The molecule has 2 fully saturated rings. The molecule has 1 heterocycles. The van der Waals surface area contributed by atoms with Crippen LogP contribution < -0.4 is 11.1 Å². The number of nitrogens with one attached hydrogen (secondary N) is 1. The van der Waals surface area contributed by atoms with E-state index in [1.54, 1.807) is 18.2 Å². The molecule has 3 rings (SSSR count). The first-order valence-corrected chi connectivity index (χ1v) is 9.99. The third-order valence-electron chi connectivity index (χ3n) is 5.72. The van der Waals surface area contributed by atoms with Crippen LogP contribution in [0.3, 0.4) is 0 Å². The van der Waals surface area contributed by atoms with Gasteiger partial charge in [-0.15, -0.1) is 0 Å². The Morgan fingerprint density at radius 2 is 1.92 bits per heavy atom. The molecule has 1 saturated carbocycles. The van der Waals surface area contributed by atoms with Gasteiger partial charge in [-0.25, -0.2) is 0 Å². The maximum Gasteiger partial charge on any atom is 0.255 e. The van der Waals surface area contributed by atoms with Crippen molar-refractivity contribution in [3.63, 3.8) is 0 Å². The fraction of sp³-hybridized carbons (Fsp3) is 0.600. The fourth-order valence-corrected chi connectivity index (χ4v) is 4.25. The number of nitrogens with zero attached hydrogens (tertiary/aromatic N) is 1. The highest BCUT2D eigenvalue weighted by molar-refractivity contribution is 6.34. The van der Waals surface area contributed by atoms with Crippen molar-refractivity contribution in [2.75, 3.05) is 11.9 Å². The Morgan fingerprint density at radius 3 is 2.58 bits per heavy atom. The van der Waals surface area contributed by atoms with Crippen molar-refractivity contribution in [3.8, 4) is 0 Å². The van der Waals surface area contributed by atoms with E-state index in [2.05, 4.69) is 12.2 Å². The van der Waals surface area contributed by atoms with Gasteiger partial charge in [0.05, 0.1) is 16.1 Å². The Hall–Kier alpha value is -1.59. The monoisotopic (exact) mass is 377 g/mol. The highest BCUT2D eigenvalue weighted by Crippen LogP contribution is 2.29. The van der Waals surface area contributed by atoms with Crippen LogP contribution in [-0.2, 0) is 4.79 Å². The molecule has 1 unspecified atom stereocenters. The molecule has 0 bridgehead atoms. The van der Waals surface area contributed by atoms with Crippen LogP contribution in [-0.4, -0.2) is 34.8 Å². The molecule has 0 spiro atoms. The van der Waals surface area contributed by atoms with Gasteiger partial charge >= 0.3 is 0 Å². The number of piperidine rings is 1. The number of rotatable bonds is 3. The Morgan fingerprint density at radius 1 is 1.19 bits per heavy atom. The standard InChI is InChI=1S/C20H28ClN3O2/c1-14-7-3-6-12-24(14)18(25)16-9-8-15(13-17(16)21)23-19(26)20(22)10-4-2-5-11-20/h8-9,13-14H,2-7,10-12,22H2,1H3,(H,23,26). The second kappa shape index (κ2) is 7.97.